The highest BCUT2D eigenvalue weighted by molar-refractivity contribution is 7.99. The largest absolute Gasteiger partial charge is 0.368 e. The van der Waals surface area contributed by atoms with Crippen molar-refractivity contribution in [1.82, 2.24) is 24.5 Å². The minimum atomic E-state index is 0.447. The zero-order valence-electron chi connectivity index (χ0n) is 9.29. The summed E-state index contributed by atoms with van der Waals surface area (Å²) < 4.78 is 3.67. The molecule has 0 atom stereocenters. The van der Waals surface area contributed by atoms with Crippen LogP contribution in [0.4, 0.5) is 5.95 Å². The molecule has 0 bridgehead atoms. The molecule has 6 nitrogen and oxygen atoms in total. The Hall–Kier alpha value is -1.50. The zero-order valence-corrected chi connectivity index (χ0v) is 10.1. The lowest BCUT2D eigenvalue weighted by atomic mass is 10.3. The quantitative estimate of drug-likeness (QED) is 0.783. The first-order valence-electron chi connectivity index (χ1n) is 4.93. The van der Waals surface area contributed by atoms with Crippen LogP contribution in [0.2, 0.25) is 0 Å². The first kappa shape index (κ1) is 11.0. The third-order valence-corrected chi connectivity index (χ3v) is 3.40. The third-order valence-electron chi connectivity index (χ3n) is 2.38. The summed E-state index contributed by atoms with van der Waals surface area (Å²) in [5.74, 6) is 1.38. The average Bonchev–Trinajstić information content (AvgIpc) is 2.80. The van der Waals surface area contributed by atoms with E-state index in [2.05, 4.69) is 15.3 Å². The molecule has 0 amide bonds. The summed E-state index contributed by atoms with van der Waals surface area (Å²) in [6.45, 7) is 0. The van der Waals surface area contributed by atoms with Crippen molar-refractivity contribution < 1.29 is 0 Å². The fourth-order valence-electron chi connectivity index (χ4n) is 1.35. The van der Waals surface area contributed by atoms with Crippen molar-refractivity contribution in [3.8, 4) is 0 Å². The van der Waals surface area contributed by atoms with Crippen molar-refractivity contribution in [2.45, 2.75) is 11.6 Å². The van der Waals surface area contributed by atoms with Gasteiger partial charge in [0.25, 0.3) is 0 Å². The fourth-order valence-corrected chi connectivity index (χ4v) is 2.22. The van der Waals surface area contributed by atoms with Gasteiger partial charge in [-0.05, 0) is 12.5 Å². The van der Waals surface area contributed by atoms with Gasteiger partial charge in [0.15, 0.2) is 5.16 Å². The lowest BCUT2D eigenvalue weighted by Gasteiger charge is -2.02. The molecule has 16 heavy (non-hydrogen) atoms. The molecule has 2 heterocycles. The monoisotopic (exact) mass is 238 g/mol. The Bertz CT molecular complexity index is 474. The Labute approximate surface area is 97.8 Å². The standard InChI is InChI=1S/C9H14N6S/c1-14-8(10)12-13-9(14)16-6-4-7-3-5-11-15(7)2/h3,5H,4,6H2,1-2H3,(H2,10,12). The highest BCUT2D eigenvalue weighted by Crippen LogP contribution is 2.17. The number of aryl methyl sites for hydroxylation is 2. The van der Waals surface area contributed by atoms with Gasteiger partial charge >= 0.3 is 0 Å². The number of anilines is 1. The lowest BCUT2D eigenvalue weighted by molar-refractivity contribution is 0.719. The molecule has 0 saturated heterocycles. The molecule has 2 aromatic rings. The molecule has 0 aromatic carbocycles. The Balaban J connectivity index is 1.89. The maximum absolute atomic E-state index is 5.59. The summed E-state index contributed by atoms with van der Waals surface area (Å²) in [5.41, 5.74) is 6.80. The van der Waals surface area contributed by atoms with Crippen LogP contribution in [-0.2, 0) is 20.5 Å². The summed E-state index contributed by atoms with van der Waals surface area (Å²) in [4.78, 5) is 0. The molecule has 0 radical (unpaired) electrons. The van der Waals surface area contributed by atoms with E-state index in [1.54, 1.807) is 22.5 Å². The van der Waals surface area contributed by atoms with Crippen LogP contribution in [0.25, 0.3) is 0 Å². The number of rotatable bonds is 4. The van der Waals surface area contributed by atoms with Gasteiger partial charge in [-0.1, -0.05) is 11.8 Å². The van der Waals surface area contributed by atoms with Crippen LogP contribution in [-0.4, -0.2) is 30.3 Å². The number of aromatic nitrogens is 5. The van der Waals surface area contributed by atoms with Gasteiger partial charge in [-0.15, -0.1) is 10.2 Å². The predicted molar refractivity (Wildman–Crippen MR) is 63.1 cm³/mol. The van der Waals surface area contributed by atoms with Crippen LogP contribution in [0.15, 0.2) is 17.4 Å². The summed E-state index contributed by atoms with van der Waals surface area (Å²) in [6.07, 6.45) is 2.76. The molecular formula is C9H14N6S. The SMILES string of the molecule is Cn1nccc1CCSc1nnc(N)n1C. The van der Waals surface area contributed by atoms with Crippen molar-refractivity contribution in [3.05, 3.63) is 18.0 Å². The van der Waals surface area contributed by atoms with Gasteiger partial charge in [0.05, 0.1) is 0 Å². The zero-order chi connectivity index (χ0) is 11.5. The first-order chi connectivity index (χ1) is 7.68. The van der Waals surface area contributed by atoms with Crippen LogP contribution < -0.4 is 5.73 Å². The molecule has 2 aromatic heterocycles. The Morgan fingerprint density at radius 2 is 2.19 bits per heavy atom. The van der Waals surface area contributed by atoms with E-state index in [0.29, 0.717) is 5.95 Å². The Morgan fingerprint density at radius 1 is 1.38 bits per heavy atom. The second-order valence-electron chi connectivity index (χ2n) is 3.44. The molecular weight excluding hydrogens is 224 g/mol. The molecule has 0 unspecified atom stereocenters. The number of nitrogens with two attached hydrogens (primary N) is 1. The van der Waals surface area contributed by atoms with Gasteiger partial charge in [-0.2, -0.15) is 5.10 Å². The minimum absolute atomic E-state index is 0.447. The predicted octanol–water partition coefficient (Wildman–Crippen LogP) is 0.466. The summed E-state index contributed by atoms with van der Waals surface area (Å²) >= 11 is 1.64. The van der Waals surface area contributed by atoms with Crippen LogP contribution >= 0.6 is 11.8 Å². The number of hydrogen-bond acceptors (Lipinski definition) is 5. The topological polar surface area (TPSA) is 74.6 Å². The van der Waals surface area contributed by atoms with Crippen LogP contribution in [0, 0.1) is 0 Å². The van der Waals surface area contributed by atoms with E-state index in [1.165, 1.54) is 5.69 Å². The molecule has 0 spiro atoms. The van der Waals surface area contributed by atoms with E-state index in [-0.39, 0.29) is 0 Å². The molecule has 7 heteroatoms. The maximum atomic E-state index is 5.59. The van der Waals surface area contributed by atoms with Crippen molar-refractivity contribution in [2.24, 2.45) is 14.1 Å². The van der Waals surface area contributed by atoms with E-state index in [9.17, 15) is 0 Å². The van der Waals surface area contributed by atoms with Gasteiger partial charge in [-0.3, -0.25) is 9.25 Å². The third kappa shape index (κ3) is 2.19. The smallest absolute Gasteiger partial charge is 0.222 e. The van der Waals surface area contributed by atoms with Gasteiger partial charge in [0.1, 0.15) is 0 Å². The molecule has 0 aliphatic heterocycles. The van der Waals surface area contributed by atoms with Crippen LogP contribution in [0.1, 0.15) is 5.69 Å². The highest BCUT2D eigenvalue weighted by atomic mass is 32.2. The minimum Gasteiger partial charge on any atom is -0.368 e. The van der Waals surface area contributed by atoms with Crippen molar-refractivity contribution >= 4 is 17.7 Å². The van der Waals surface area contributed by atoms with Crippen LogP contribution in [0.5, 0.6) is 0 Å². The van der Waals surface area contributed by atoms with Gasteiger partial charge in [0.2, 0.25) is 5.95 Å². The maximum Gasteiger partial charge on any atom is 0.222 e. The molecule has 0 aliphatic rings. The summed E-state index contributed by atoms with van der Waals surface area (Å²) in [6, 6.07) is 2.02. The van der Waals surface area contributed by atoms with E-state index in [4.69, 9.17) is 5.73 Å². The number of hydrogen-bond donors (Lipinski definition) is 1. The van der Waals surface area contributed by atoms with E-state index in [1.807, 2.05) is 24.8 Å². The van der Waals surface area contributed by atoms with E-state index >= 15 is 0 Å². The molecule has 0 fully saturated rings. The normalized spacial score (nSPS) is 10.9. The number of thioether (sulfide) groups is 1. The second kappa shape index (κ2) is 4.56. The van der Waals surface area contributed by atoms with E-state index < -0.39 is 0 Å². The molecule has 0 saturated carbocycles. The van der Waals surface area contributed by atoms with Crippen molar-refractivity contribution in [1.29, 1.82) is 0 Å². The van der Waals surface area contributed by atoms with Gasteiger partial charge in [0, 0.05) is 31.7 Å². The molecule has 2 rings (SSSR count). The van der Waals surface area contributed by atoms with Crippen molar-refractivity contribution in [3.63, 3.8) is 0 Å². The van der Waals surface area contributed by atoms with Crippen molar-refractivity contribution in [2.75, 3.05) is 11.5 Å². The second-order valence-corrected chi connectivity index (χ2v) is 4.51. The van der Waals surface area contributed by atoms with Gasteiger partial charge < -0.3 is 5.73 Å². The molecule has 2 N–H and O–H groups in total. The van der Waals surface area contributed by atoms with Gasteiger partial charge in [-0.25, -0.2) is 0 Å². The average molecular weight is 238 g/mol. The fraction of sp³-hybridized carbons (Fsp3) is 0.444. The number of nitrogen functional groups attached to an aromatic ring is 1. The molecule has 0 aliphatic carbocycles. The highest BCUT2D eigenvalue weighted by Gasteiger charge is 2.06. The summed E-state index contributed by atoms with van der Waals surface area (Å²) in [7, 11) is 3.81. The summed E-state index contributed by atoms with van der Waals surface area (Å²) in [5, 5.41) is 12.8. The lowest BCUT2D eigenvalue weighted by Crippen LogP contribution is -2.01. The Kier molecular flexibility index (Phi) is 3.14. The van der Waals surface area contributed by atoms with Crippen LogP contribution in [0.3, 0.4) is 0 Å². The first-order valence-corrected chi connectivity index (χ1v) is 5.91. The van der Waals surface area contributed by atoms with E-state index in [0.717, 1.165) is 17.3 Å². The number of nitrogens with zero attached hydrogens (tertiary/aromatic N) is 5. The Morgan fingerprint density at radius 3 is 2.75 bits per heavy atom. The molecule has 86 valence electrons.